The zero-order valence-electron chi connectivity index (χ0n) is 17.5. The molecule has 1 unspecified atom stereocenters. The summed E-state index contributed by atoms with van der Waals surface area (Å²) in [6.45, 7) is 5.15. The SMILES string of the molecule is CCCOc1ccc(CC(C)NCCOc2cc(F)ccc2OC)cc1S(N)(=O)=O. The van der Waals surface area contributed by atoms with Crippen LogP contribution in [0.15, 0.2) is 41.3 Å². The van der Waals surface area contributed by atoms with Crippen molar-refractivity contribution < 1.29 is 27.0 Å². The first-order valence-corrected chi connectivity index (χ1v) is 11.3. The van der Waals surface area contributed by atoms with Gasteiger partial charge in [0.05, 0.1) is 13.7 Å². The van der Waals surface area contributed by atoms with Gasteiger partial charge in [-0.2, -0.15) is 0 Å². The van der Waals surface area contributed by atoms with Gasteiger partial charge >= 0.3 is 0 Å². The van der Waals surface area contributed by atoms with Crippen LogP contribution in [0.4, 0.5) is 4.39 Å². The van der Waals surface area contributed by atoms with E-state index in [1.807, 2.05) is 19.9 Å². The molecule has 0 saturated heterocycles. The summed E-state index contributed by atoms with van der Waals surface area (Å²) in [5.74, 6) is 0.670. The van der Waals surface area contributed by atoms with Crippen molar-refractivity contribution >= 4 is 10.0 Å². The summed E-state index contributed by atoms with van der Waals surface area (Å²) in [7, 11) is -2.40. The fourth-order valence-electron chi connectivity index (χ4n) is 2.89. The van der Waals surface area contributed by atoms with Gasteiger partial charge in [0.2, 0.25) is 10.0 Å². The first-order valence-electron chi connectivity index (χ1n) is 9.72. The lowest BCUT2D eigenvalue weighted by atomic mass is 10.1. The third kappa shape index (κ3) is 7.16. The summed E-state index contributed by atoms with van der Waals surface area (Å²) >= 11 is 0. The first kappa shape index (κ1) is 23.9. The second-order valence-electron chi connectivity index (χ2n) is 6.88. The van der Waals surface area contributed by atoms with E-state index in [4.69, 9.17) is 19.3 Å². The van der Waals surface area contributed by atoms with E-state index in [-0.39, 0.29) is 16.7 Å². The minimum absolute atomic E-state index is 0.0119. The fourth-order valence-corrected chi connectivity index (χ4v) is 3.61. The number of hydrogen-bond donors (Lipinski definition) is 2. The summed E-state index contributed by atoms with van der Waals surface area (Å²) < 4.78 is 53.4. The molecule has 2 aromatic carbocycles. The van der Waals surface area contributed by atoms with E-state index < -0.39 is 15.8 Å². The van der Waals surface area contributed by atoms with E-state index in [0.29, 0.717) is 37.7 Å². The van der Waals surface area contributed by atoms with Crippen molar-refractivity contribution in [3.05, 3.63) is 47.8 Å². The summed E-state index contributed by atoms with van der Waals surface area (Å²) in [6.07, 6.45) is 1.34. The highest BCUT2D eigenvalue weighted by molar-refractivity contribution is 7.89. The van der Waals surface area contributed by atoms with Gasteiger partial charge in [-0.05, 0) is 49.6 Å². The van der Waals surface area contributed by atoms with Crippen LogP contribution in [0, 0.1) is 5.82 Å². The highest BCUT2D eigenvalue weighted by Crippen LogP contribution is 2.27. The Morgan fingerprint density at radius 2 is 1.77 bits per heavy atom. The average Bonchev–Trinajstić information content (AvgIpc) is 2.69. The number of ether oxygens (including phenoxy) is 3. The van der Waals surface area contributed by atoms with Crippen LogP contribution in [0.3, 0.4) is 0 Å². The molecule has 0 spiro atoms. The minimum atomic E-state index is -3.89. The molecule has 7 nitrogen and oxygen atoms in total. The molecule has 0 aliphatic carbocycles. The molecule has 2 rings (SSSR count). The number of hydrogen-bond acceptors (Lipinski definition) is 6. The Labute approximate surface area is 177 Å². The van der Waals surface area contributed by atoms with Gasteiger partial charge in [0.1, 0.15) is 23.1 Å². The predicted octanol–water partition coefficient (Wildman–Crippen LogP) is 2.87. The van der Waals surface area contributed by atoms with Gasteiger partial charge in [-0.15, -0.1) is 0 Å². The molecule has 0 aliphatic heterocycles. The summed E-state index contributed by atoms with van der Waals surface area (Å²) in [5, 5.41) is 8.63. The number of sulfonamides is 1. The molecule has 3 N–H and O–H groups in total. The van der Waals surface area contributed by atoms with Crippen LogP contribution in [0.25, 0.3) is 0 Å². The minimum Gasteiger partial charge on any atom is -0.493 e. The molecule has 30 heavy (non-hydrogen) atoms. The largest absolute Gasteiger partial charge is 0.493 e. The Morgan fingerprint density at radius 1 is 1.07 bits per heavy atom. The van der Waals surface area contributed by atoms with E-state index in [2.05, 4.69) is 5.32 Å². The van der Waals surface area contributed by atoms with Crippen LogP contribution < -0.4 is 24.7 Å². The smallest absolute Gasteiger partial charge is 0.241 e. The molecule has 9 heteroatoms. The number of methoxy groups -OCH3 is 1. The molecule has 166 valence electrons. The van der Waals surface area contributed by atoms with Crippen molar-refractivity contribution in [3.8, 4) is 17.2 Å². The Bertz CT molecular complexity index is 937. The van der Waals surface area contributed by atoms with E-state index in [1.165, 1.54) is 25.3 Å². The molecule has 0 bridgehead atoms. The third-order valence-electron chi connectivity index (χ3n) is 4.30. The number of benzene rings is 2. The van der Waals surface area contributed by atoms with Crippen LogP contribution in [-0.2, 0) is 16.4 Å². The number of halogens is 1. The van der Waals surface area contributed by atoms with E-state index >= 15 is 0 Å². The quantitative estimate of drug-likeness (QED) is 0.493. The van der Waals surface area contributed by atoms with Gasteiger partial charge in [-0.1, -0.05) is 13.0 Å². The zero-order chi connectivity index (χ0) is 22.1. The van der Waals surface area contributed by atoms with Gasteiger partial charge in [-0.3, -0.25) is 0 Å². The maximum atomic E-state index is 13.4. The topological polar surface area (TPSA) is 99.9 Å². The number of nitrogens with one attached hydrogen (secondary N) is 1. The van der Waals surface area contributed by atoms with Gasteiger partial charge in [0.25, 0.3) is 0 Å². The summed E-state index contributed by atoms with van der Waals surface area (Å²) in [6, 6.07) is 9.14. The maximum absolute atomic E-state index is 13.4. The Kier molecular flexibility index (Phi) is 8.88. The highest BCUT2D eigenvalue weighted by atomic mass is 32.2. The normalized spacial score (nSPS) is 12.4. The number of primary sulfonamides is 1. The monoisotopic (exact) mass is 440 g/mol. The van der Waals surface area contributed by atoms with Gasteiger partial charge < -0.3 is 19.5 Å². The molecule has 0 aliphatic rings. The predicted molar refractivity (Wildman–Crippen MR) is 113 cm³/mol. The Hall–Kier alpha value is -2.36. The van der Waals surface area contributed by atoms with Crippen molar-refractivity contribution in [2.45, 2.75) is 37.6 Å². The second kappa shape index (κ2) is 11.1. The summed E-state index contributed by atoms with van der Waals surface area (Å²) in [4.78, 5) is -0.0119. The van der Waals surface area contributed by atoms with Crippen molar-refractivity contribution in [2.24, 2.45) is 5.14 Å². The molecule has 0 heterocycles. The molecule has 2 aromatic rings. The first-order chi connectivity index (χ1) is 14.2. The van der Waals surface area contributed by atoms with Gasteiger partial charge in [-0.25, -0.2) is 17.9 Å². The second-order valence-corrected chi connectivity index (χ2v) is 8.41. The van der Waals surface area contributed by atoms with Crippen LogP contribution in [0.2, 0.25) is 0 Å². The van der Waals surface area contributed by atoms with E-state index in [1.54, 1.807) is 12.1 Å². The number of nitrogens with two attached hydrogens (primary N) is 1. The van der Waals surface area contributed by atoms with Crippen molar-refractivity contribution in [1.82, 2.24) is 5.32 Å². The zero-order valence-corrected chi connectivity index (χ0v) is 18.3. The van der Waals surface area contributed by atoms with Crippen LogP contribution in [0.5, 0.6) is 17.2 Å². The van der Waals surface area contributed by atoms with E-state index in [0.717, 1.165) is 12.0 Å². The highest BCUT2D eigenvalue weighted by Gasteiger charge is 2.17. The van der Waals surface area contributed by atoms with Crippen molar-refractivity contribution in [1.29, 1.82) is 0 Å². The van der Waals surface area contributed by atoms with Gasteiger partial charge in [0, 0.05) is 18.7 Å². The van der Waals surface area contributed by atoms with Crippen LogP contribution in [0.1, 0.15) is 25.8 Å². The lowest BCUT2D eigenvalue weighted by Gasteiger charge is -2.16. The lowest BCUT2D eigenvalue weighted by Crippen LogP contribution is -2.32. The molecule has 0 aromatic heterocycles. The maximum Gasteiger partial charge on any atom is 0.241 e. The molecule has 0 radical (unpaired) electrons. The standard InChI is InChI=1S/C21H29FN2O5S/c1-4-10-28-19-7-5-16(13-21(19)30(23,25)26)12-15(2)24-9-11-29-20-14-17(22)6-8-18(20)27-3/h5-8,13-15,24H,4,9-12H2,1-3H3,(H2,23,25,26). The van der Waals surface area contributed by atoms with Crippen molar-refractivity contribution in [2.75, 3.05) is 26.9 Å². The Balaban J connectivity index is 1.92. The Morgan fingerprint density at radius 3 is 2.43 bits per heavy atom. The average molecular weight is 441 g/mol. The molecular formula is C21H29FN2O5S. The van der Waals surface area contributed by atoms with Crippen molar-refractivity contribution in [3.63, 3.8) is 0 Å². The summed E-state index contributed by atoms with van der Waals surface area (Å²) in [5.41, 5.74) is 0.815. The van der Waals surface area contributed by atoms with E-state index in [9.17, 15) is 12.8 Å². The third-order valence-corrected chi connectivity index (χ3v) is 5.23. The molecule has 0 saturated carbocycles. The molecule has 0 amide bonds. The number of rotatable bonds is 12. The molecule has 0 fully saturated rings. The van der Waals surface area contributed by atoms with Crippen LogP contribution >= 0.6 is 0 Å². The van der Waals surface area contributed by atoms with Crippen LogP contribution in [-0.4, -0.2) is 41.3 Å². The molecular weight excluding hydrogens is 411 g/mol. The fraction of sp³-hybridized carbons (Fsp3) is 0.429. The molecule has 1 atom stereocenters. The lowest BCUT2D eigenvalue weighted by molar-refractivity contribution is 0.285. The van der Waals surface area contributed by atoms with Gasteiger partial charge in [0.15, 0.2) is 11.5 Å².